The molecule has 0 amide bonds. The summed E-state index contributed by atoms with van der Waals surface area (Å²) in [6, 6.07) is 0. The van der Waals surface area contributed by atoms with Gasteiger partial charge in [-0.3, -0.25) is 0 Å². The molecule has 18 heavy (non-hydrogen) atoms. The van der Waals surface area contributed by atoms with Gasteiger partial charge in [0, 0.05) is 19.6 Å². The monoisotopic (exact) mass is 314 g/mol. The normalized spacial score (nSPS) is 23.4. The maximum absolute atomic E-state index is 10.0. The zero-order valence-corrected chi connectivity index (χ0v) is 12.4. The second-order valence-electron chi connectivity index (χ2n) is 4.96. The molecule has 100 valence electrons. The third-order valence-electron chi connectivity index (χ3n) is 3.06. The summed E-state index contributed by atoms with van der Waals surface area (Å²) >= 11 is 3.55. The molecule has 2 heterocycles. The maximum Gasteiger partial charge on any atom is 0.148 e. The molecule has 1 aromatic rings. The van der Waals surface area contributed by atoms with E-state index in [9.17, 15) is 5.11 Å². The van der Waals surface area contributed by atoms with E-state index in [2.05, 4.69) is 43.0 Å². The van der Waals surface area contributed by atoms with E-state index in [1.165, 1.54) is 0 Å². The highest BCUT2D eigenvalue weighted by molar-refractivity contribution is 9.10. The van der Waals surface area contributed by atoms with Crippen molar-refractivity contribution in [2.45, 2.75) is 32.3 Å². The van der Waals surface area contributed by atoms with Crippen LogP contribution in [0.5, 0.6) is 0 Å². The van der Waals surface area contributed by atoms with Crippen molar-refractivity contribution in [2.75, 3.05) is 29.9 Å². The summed E-state index contributed by atoms with van der Waals surface area (Å²) in [5, 5.41) is 13.3. The largest absolute Gasteiger partial charge is 0.388 e. The van der Waals surface area contributed by atoms with E-state index in [1.807, 2.05) is 6.92 Å². The summed E-state index contributed by atoms with van der Waals surface area (Å²) in [5.74, 6) is 1.66. The third-order valence-corrected chi connectivity index (χ3v) is 3.80. The van der Waals surface area contributed by atoms with Crippen molar-refractivity contribution < 1.29 is 5.11 Å². The first kappa shape index (κ1) is 13.5. The Labute approximate surface area is 116 Å². The molecule has 0 bridgehead atoms. The molecule has 2 N–H and O–H groups in total. The van der Waals surface area contributed by atoms with Crippen molar-refractivity contribution in [3.63, 3.8) is 0 Å². The lowest BCUT2D eigenvalue weighted by molar-refractivity contribution is 0.0839. The number of hydrogen-bond donors (Lipinski definition) is 2. The van der Waals surface area contributed by atoms with Crippen LogP contribution in [0.4, 0.5) is 11.6 Å². The van der Waals surface area contributed by atoms with Crippen LogP contribution >= 0.6 is 15.9 Å². The van der Waals surface area contributed by atoms with Gasteiger partial charge in [-0.25, -0.2) is 9.97 Å². The average molecular weight is 315 g/mol. The number of nitrogens with one attached hydrogen (secondary N) is 1. The lowest BCUT2D eigenvalue weighted by Gasteiger charge is -2.21. The number of aromatic nitrogens is 2. The van der Waals surface area contributed by atoms with Gasteiger partial charge in [0.05, 0.1) is 5.60 Å². The topological polar surface area (TPSA) is 61.3 Å². The van der Waals surface area contributed by atoms with Crippen molar-refractivity contribution in [1.82, 2.24) is 9.97 Å². The van der Waals surface area contributed by atoms with E-state index < -0.39 is 5.60 Å². The number of β-amino-alcohol motifs (C(OH)–C–C–N with tert-alkyl or cyclic N) is 1. The van der Waals surface area contributed by atoms with Crippen LogP contribution in [0.3, 0.4) is 0 Å². The van der Waals surface area contributed by atoms with Crippen LogP contribution in [0, 0.1) is 0 Å². The van der Waals surface area contributed by atoms with Gasteiger partial charge in [0.2, 0.25) is 0 Å². The van der Waals surface area contributed by atoms with Gasteiger partial charge in [0.15, 0.2) is 0 Å². The van der Waals surface area contributed by atoms with Gasteiger partial charge in [-0.05, 0) is 35.7 Å². The molecule has 1 aliphatic rings. The molecule has 0 spiro atoms. The predicted molar refractivity (Wildman–Crippen MR) is 76.0 cm³/mol. The zero-order valence-electron chi connectivity index (χ0n) is 10.8. The molecule has 6 heteroatoms. The molecular weight excluding hydrogens is 296 g/mol. The molecule has 1 fully saturated rings. The molecule has 1 aromatic heterocycles. The lowest BCUT2D eigenvalue weighted by atomic mass is 10.1. The fourth-order valence-corrected chi connectivity index (χ4v) is 2.67. The first-order valence-corrected chi connectivity index (χ1v) is 7.04. The zero-order chi connectivity index (χ0) is 13.2. The van der Waals surface area contributed by atoms with Crippen LogP contribution in [0.15, 0.2) is 10.8 Å². The molecule has 0 aliphatic carbocycles. The Morgan fingerprint density at radius 2 is 2.33 bits per heavy atom. The fraction of sp³-hybridized carbons (Fsp3) is 0.667. The fourth-order valence-electron chi connectivity index (χ4n) is 2.07. The van der Waals surface area contributed by atoms with E-state index in [0.717, 1.165) is 42.0 Å². The summed E-state index contributed by atoms with van der Waals surface area (Å²) in [4.78, 5) is 10.6. The van der Waals surface area contributed by atoms with Crippen molar-refractivity contribution in [3.8, 4) is 0 Å². The average Bonchev–Trinajstić information content (AvgIpc) is 2.68. The standard InChI is InChI=1S/C12H19BrN4O/c1-3-5-14-10-9(13)11(16-8-15-10)17-6-4-12(2,18)7-17/h8,18H,3-7H2,1-2H3,(H,14,15,16). The molecule has 1 aliphatic heterocycles. The van der Waals surface area contributed by atoms with Gasteiger partial charge in [0.1, 0.15) is 22.4 Å². The van der Waals surface area contributed by atoms with E-state index in [0.29, 0.717) is 6.54 Å². The Morgan fingerprint density at radius 1 is 1.56 bits per heavy atom. The Hall–Kier alpha value is -0.880. The van der Waals surface area contributed by atoms with Gasteiger partial charge in [0.25, 0.3) is 0 Å². The summed E-state index contributed by atoms with van der Waals surface area (Å²) in [5.41, 5.74) is -0.624. The minimum atomic E-state index is -0.624. The number of hydrogen-bond acceptors (Lipinski definition) is 5. The van der Waals surface area contributed by atoms with E-state index >= 15 is 0 Å². The number of aliphatic hydroxyl groups is 1. The summed E-state index contributed by atoms with van der Waals surface area (Å²) < 4.78 is 0.871. The Bertz CT molecular complexity index is 425. The Kier molecular flexibility index (Phi) is 4.07. The number of halogens is 1. The van der Waals surface area contributed by atoms with E-state index in [4.69, 9.17) is 0 Å². The van der Waals surface area contributed by atoms with Crippen molar-refractivity contribution in [1.29, 1.82) is 0 Å². The highest BCUT2D eigenvalue weighted by atomic mass is 79.9. The molecule has 2 rings (SSSR count). The van der Waals surface area contributed by atoms with Crippen molar-refractivity contribution >= 4 is 27.6 Å². The summed E-state index contributed by atoms with van der Waals surface area (Å²) in [6.07, 6.45) is 3.37. The second kappa shape index (κ2) is 5.40. The predicted octanol–water partition coefficient (Wildman–Crippen LogP) is 2.02. The highest BCUT2D eigenvalue weighted by Crippen LogP contribution is 2.33. The molecule has 0 saturated carbocycles. The Morgan fingerprint density at radius 3 is 2.94 bits per heavy atom. The first-order chi connectivity index (χ1) is 8.53. The van der Waals surface area contributed by atoms with Crippen LogP contribution in [0.25, 0.3) is 0 Å². The van der Waals surface area contributed by atoms with Gasteiger partial charge in [-0.15, -0.1) is 0 Å². The first-order valence-electron chi connectivity index (χ1n) is 6.25. The molecule has 1 saturated heterocycles. The molecule has 1 atom stereocenters. The molecule has 0 radical (unpaired) electrons. The molecule has 5 nitrogen and oxygen atoms in total. The number of rotatable bonds is 4. The Balaban J connectivity index is 2.18. The number of anilines is 2. The van der Waals surface area contributed by atoms with Gasteiger partial charge < -0.3 is 15.3 Å². The SMILES string of the molecule is CCCNc1ncnc(N2CCC(C)(O)C2)c1Br. The van der Waals surface area contributed by atoms with Crippen LogP contribution in [0.2, 0.25) is 0 Å². The second-order valence-corrected chi connectivity index (χ2v) is 5.75. The molecule has 1 unspecified atom stereocenters. The smallest absolute Gasteiger partial charge is 0.148 e. The minimum absolute atomic E-state index is 0.607. The summed E-state index contributed by atoms with van der Waals surface area (Å²) in [7, 11) is 0. The van der Waals surface area contributed by atoms with Crippen LogP contribution in [0.1, 0.15) is 26.7 Å². The van der Waals surface area contributed by atoms with E-state index in [-0.39, 0.29) is 0 Å². The van der Waals surface area contributed by atoms with E-state index in [1.54, 1.807) is 6.33 Å². The molecular formula is C12H19BrN4O. The van der Waals surface area contributed by atoms with Crippen molar-refractivity contribution in [2.24, 2.45) is 0 Å². The quantitative estimate of drug-likeness (QED) is 0.890. The van der Waals surface area contributed by atoms with Crippen LogP contribution < -0.4 is 10.2 Å². The molecule has 0 aromatic carbocycles. The van der Waals surface area contributed by atoms with Gasteiger partial charge in [-0.1, -0.05) is 6.92 Å². The minimum Gasteiger partial charge on any atom is -0.388 e. The van der Waals surface area contributed by atoms with Gasteiger partial charge >= 0.3 is 0 Å². The van der Waals surface area contributed by atoms with Crippen LogP contribution in [-0.4, -0.2) is 40.3 Å². The lowest BCUT2D eigenvalue weighted by Crippen LogP contribution is -2.30. The third kappa shape index (κ3) is 2.92. The summed E-state index contributed by atoms with van der Waals surface area (Å²) in [6.45, 7) is 6.28. The highest BCUT2D eigenvalue weighted by Gasteiger charge is 2.33. The maximum atomic E-state index is 10.0. The van der Waals surface area contributed by atoms with Gasteiger partial charge in [-0.2, -0.15) is 0 Å². The number of nitrogens with zero attached hydrogens (tertiary/aromatic N) is 3. The van der Waals surface area contributed by atoms with Crippen molar-refractivity contribution in [3.05, 3.63) is 10.8 Å². The van der Waals surface area contributed by atoms with Crippen LogP contribution in [-0.2, 0) is 0 Å².